The lowest BCUT2D eigenvalue weighted by molar-refractivity contribution is 0.0954. The molecule has 2 aromatic carbocycles. The summed E-state index contributed by atoms with van der Waals surface area (Å²) in [5.41, 5.74) is 4.18. The Morgan fingerprint density at radius 1 is 1.17 bits per heavy atom. The van der Waals surface area contributed by atoms with Crippen molar-refractivity contribution in [3.8, 4) is 0 Å². The second kappa shape index (κ2) is 6.58. The maximum atomic E-state index is 12.2. The third-order valence-electron chi connectivity index (χ3n) is 3.78. The Kier molecular flexibility index (Phi) is 4.34. The number of carbonyl (C=O) groups excluding carboxylic acids is 1. The first-order valence-corrected chi connectivity index (χ1v) is 7.43. The zero-order chi connectivity index (χ0) is 16.2. The van der Waals surface area contributed by atoms with Gasteiger partial charge in [-0.3, -0.25) is 4.79 Å². The van der Waals surface area contributed by atoms with E-state index in [-0.39, 0.29) is 12.5 Å². The number of hydrogen-bond acceptors (Lipinski definition) is 4. The summed E-state index contributed by atoms with van der Waals surface area (Å²) in [6.07, 6.45) is 0.741. The second-order valence-electron chi connectivity index (χ2n) is 5.40. The van der Waals surface area contributed by atoms with E-state index in [4.69, 9.17) is 5.11 Å². The number of aliphatic hydroxyl groups excluding tert-OH is 1. The molecule has 1 amide bonds. The predicted molar refractivity (Wildman–Crippen MR) is 86.9 cm³/mol. The molecule has 1 heterocycles. The van der Waals surface area contributed by atoms with E-state index in [1.54, 1.807) is 16.8 Å². The average molecular weight is 310 g/mol. The Labute approximate surface area is 133 Å². The van der Waals surface area contributed by atoms with Crippen LogP contribution in [-0.4, -0.2) is 32.6 Å². The van der Waals surface area contributed by atoms with E-state index < -0.39 is 0 Å². The molecule has 0 atom stereocenters. The van der Waals surface area contributed by atoms with Crippen molar-refractivity contribution in [2.75, 3.05) is 6.54 Å². The molecule has 118 valence electrons. The number of nitrogens with one attached hydrogen (secondary N) is 1. The summed E-state index contributed by atoms with van der Waals surface area (Å²) in [6, 6.07) is 13.1. The lowest BCUT2D eigenvalue weighted by Crippen LogP contribution is -2.25. The highest BCUT2D eigenvalue weighted by Crippen LogP contribution is 2.12. The van der Waals surface area contributed by atoms with Gasteiger partial charge in [-0.15, -0.1) is 5.10 Å². The molecule has 6 heteroatoms. The Bertz CT molecular complexity index is 824. The maximum Gasteiger partial charge on any atom is 0.251 e. The molecule has 2 N–H and O–H groups in total. The van der Waals surface area contributed by atoms with Gasteiger partial charge in [0.1, 0.15) is 5.52 Å². The SMILES string of the molecule is Cn1nnc2cc(C(=O)NCCc3ccc(CO)cc3)ccc21. The first kappa shape index (κ1) is 15.2. The van der Waals surface area contributed by atoms with Crippen LogP contribution in [0, 0.1) is 0 Å². The normalized spacial score (nSPS) is 10.9. The van der Waals surface area contributed by atoms with E-state index in [0.29, 0.717) is 17.6 Å². The van der Waals surface area contributed by atoms with Gasteiger partial charge in [0.25, 0.3) is 5.91 Å². The van der Waals surface area contributed by atoms with E-state index in [0.717, 1.165) is 23.1 Å². The van der Waals surface area contributed by atoms with Gasteiger partial charge in [0, 0.05) is 19.2 Å². The van der Waals surface area contributed by atoms with E-state index >= 15 is 0 Å². The molecule has 3 aromatic rings. The number of aliphatic hydroxyl groups is 1. The molecule has 0 aliphatic heterocycles. The van der Waals surface area contributed by atoms with Crippen molar-refractivity contribution in [1.82, 2.24) is 20.3 Å². The van der Waals surface area contributed by atoms with Gasteiger partial charge in [-0.05, 0) is 35.7 Å². The van der Waals surface area contributed by atoms with Crippen LogP contribution in [0.5, 0.6) is 0 Å². The van der Waals surface area contributed by atoms with Crippen LogP contribution in [0.4, 0.5) is 0 Å². The molecule has 0 saturated carbocycles. The zero-order valence-corrected chi connectivity index (χ0v) is 12.9. The van der Waals surface area contributed by atoms with Gasteiger partial charge in [-0.2, -0.15) is 0 Å². The van der Waals surface area contributed by atoms with E-state index in [1.807, 2.05) is 37.4 Å². The fraction of sp³-hybridized carbons (Fsp3) is 0.235. The standard InChI is InChI=1S/C17H18N4O2/c1-21-16-7-6-14(10-15(16)19-20-21)17(23)18-9-8-12-2-4-13(11-22)5-3-12/h2-7,10,22H,8-9,11H2,1H3,(H,18,23). The number of aryl methyl sites for hydroxylation is 1. The van der Waals surface area contributed by atoms with Gasteiger partial charge < -0.3 is 10.4 Å². The van der Waals surface area contributed by atoms with Crippen molar-refractivity contribution in [2.45, 2.75) is 13.0 Å². The highest BCUT2D eigenvalue weighted by molar-refractivity contribution is 5.97. The number of fused-ring (bicyclic) bond motifs is 1. The number of hydrogen-bond donors (Lipinski definition) is 2. The average Bonchev–Trinajstić information content (AvgIpc) is 2.96. The first-order chi connectivity index (χ1) is 11.2. The van der Waals surface area contributed by atoms with Crippen LogP contribution in [0.25, 0.3) is 11.0 Å². The summed E-state index contributed by atoms with van der Waals surface area (Å²) in [7, 11) is 1.82. The largest absolute Gasteiger partial charge is 0.392 e. The van der Waals surface area contributed by atoms with Gasteiger partial charge >= 0.3 is 0 Å². The molecule has 0 spiro atoms. The lowest BCUT2D eigenvalue weighted by Gasteiger charge is -2.06. The minimum Gasteiger partial charge on any atom is -0.392 e. The molecular formula is C17H18N4O2. The smallest absolute Gasteiger partial charge is 0.251 e. The second-order valence-corrected chi connectivity index (χ2v) is 5.40. The topological polar surface area (TPSA) is 80.0 Å². The molecule has 6 nitrogen and oxygen atoms in total. The quantitative estimate of drug-likeness (QED) is 0.747. The zero-order valence-electron chi connectivity index (χ0n) is 12.9. The minimum atomic E-state index is -0.121. The molecular weight excluding hydrogens is 292 g/mol. The van der Waals surface area contributed by atoms with E-state index in [9.17, 15) is 4.79 Å². The van der Waals surface area contributed by atoms with Gasteiger partial charge in [0.2, 0.25) is 0 Å². The summed E-state index contributed by atoms with van der Waals surface area (Å²) < 4.78 is 1.67. The monoisotopic (exact) mass is 310 g/mol. The fourth-order valence-electron chi connectivity index (χ4n) is 2.42. The Morgan fingerprint density at radius 3 is 2.65 bits per heavy atom. The minimum absolute atomic E-state index is 0.0435. The molecule has 3 rings (SSSR count). The summed E-state index contributed by atoms with van der Waals surface area (Å²) >= 11 is 0. The molecule has 0 radical (unpaired) electrons. The van der Waals surface area contributed by atoms with Crippen LogP contribution in [0.3, 0.4) is 0 Å². The number of carbonyl (C=O) groups is 1. The summed E-state index contributed by atoms with van der Waals surface area (Å²) in [5.74, 6) is -0.121. The third-order valence-corrected chi connectivity index (χ3v) is 3.78. The van der Waals surface area contributed by atoms with E-state index in [1.165, 1.54) is 0 Å². The van der Waals surface area contributed by atoms with Gasteiger partial charge in [0.15, 0.2) is 0 Å². The summed E-state index contributed by atoms with van der Waals surface area (Å²) in [4.78, 5) is 12.2. The Balaban J connectivity index is 1.59. The van der Waals surface area contributed by atoms with Crippen molar-refractivity contribution in [3.05, 3.63) is 59.2 Å². The highest BCUT2D eigenvalue weighted by Gasteiger charge is 2.08. The van der Waals surface area contributed by atoms with Crippen molar-refractivity contribution < 1.29 is 9.90 Å². The highest BCUT2D eigenvalue weighted by atomic mass is 16.3. The van der Waals surface area contributed by atoms with Crippen molar-refractivity contribution in [2.24, 2.45) is 7.05 Å². The van der Waals surface area contributed by atoms with Crippen LogP contribution >= 0.6 is 0 Å². The van der Waals surface area contributed by atoms with Crippen LogP contribution in [0.15, 0.2) is 42.5 Å². The number of amides is 1. The Hall–Kier alpha value is -2.73. The van der Waals surface area contributed by atoms with Crippen LogP contribution in [0.1, 0.15) is 21.5 Å². The van der Waals surface area contributed by atoms with Gasteiger partial charge in [-0.1, -0.05) is 29.5 Å². The van der Waals surface area contributed by atoms with Gasteiger partial charge in [-0.25, -0.2) is 4.68 Å². The van der Waals surface area contributed by atoms with E-state index in [2.05, 4.69) is 15.6 Å². The molecule has 0 fully saturated rings. The number of aromatic nitrogens is 3. The van der Waals surface area contributed by atoms with Crippen molar-refractivity contribution in [1.29, 1.82) is 0 Å². The third kappa shape index (κ3) is 3.37. The molecule has 0 bridgehead atoms. The molecule has 0 saturated heterocycles. The van der Waals surface area contributed by atoms with Crippen LogP contribution in [0.2, 0.25) is 0 Å². The molecule has 0 unspecified atom stereocenters. The van der Waals surface area contributed by atoms with Crippen molar-refractivity contribution in [3.63, 3.8) is 0 Å². The summed E-state index contributed by atoms with van der Waals surface area (Å²) in [6.45, 7) is 0.595. The Morgan fingerprint density at radius 2 is 1.91 bits per heavy atom. The first-order valence-electron chi connectivity index (χ1n) is 7.43. The maximum absolute atomic E-state index is 12.2. The summed E-state index contributed by atoms with van der Waals surface area (Å²) in [5, 5.41) is 19.9. The molecule has 0 aliphatic carbocycles. The molecule has 23 heavy (non-hydrogen) atoms. The van der Waals surface area contributed by atoms with Gasteiger partial charge in [0.05, 0.1) is 12.1 Å². The predicted octanol–water partition coefficient (Wildman–Crippen LogP) is 1.43. The number of nitrogens with zero attached hydrogens (tertiary/aromatic N) is 3. The number of benzene rings is 2. The number of rotatable bonds is 5. The molecule has 0 aliphatic rings. The molecule has 1 aromatic heterocycles. The lowest BCUT2D eigenvalue weighted by atomic mass is 10.1. The van der Waals surface area contributed by atoms with Crippen molar-refractivity contribution >= 4 is 16.9 Å². The van der Waals surface area contributed by atoms with Crippen LogP contribution in [-0.2, 0) is 20.1 Å². The van der Waals surface area contributed by atoms with Crippen LogP contribution < -0.4 is 5.32 Å². The fourth-order valence-corrected chi connectivity index (χ4v) is 2.42.